The minimum Gasteiger partial charge on any atom is -0.478 e. The van der Waals surface area contributed by atoms with Crippen molar-refractivity contribution in [2.75, 3.05) is 13.2 Å². The lowest BCUT2D eigenvalue weighted by Crippen LogP contribution is -2.33. The molecule has 1 aromatic rings. The van der Waals surface area contributed by atoms with Crippen LogP contribution in [0, 0.1) is 0 Å². The van der Waals surface area contributed by atoms with Crippen LogP contribution in [0.15, 0.2) is 18.3 Å². The highest BCUT2D eigenvalue weighted by Crippen LogP contribution is 2.15. The summed E-state index contributed by atoms with van der Waals surface area (Å²) in [5, 5.41) is 2.86. The van der Waals surface area contributed by atoms with Gasteiger partial charge in [0.15, 0.2) is 0 Å². The molecule has 2 heterocycles. The Balaban J connectivity index is 1.90. The number of carbonyl (C=O) groups is 1. The van der Waals surface area contributed by atoms with Gasteiger partial charge in [0.25, 0.3) is 0 Å². The smallest absolute Gasteiger partial charge is 0.249 e. The first kappa shape index (κ1) is 12.8. The van der Waals surface area contributed by atoms with Gasteiger partial charge >= 0.3 is 0 Å². The van der Waals surface area contributed by atoms with Gasteiger partial charge in [-0.15, -0.1) is 0 Å². The molecule has 0 saturated carbocycles. The van der Waals surface area contributed by atoms with E-state index in [2.05, 4.69) is 10.3 Å². The number of amides is 1. The molecule has 0 unspecified atom stereocenters. The molecule has 1 N–H and O–H groups in total. The molecule has 0 aromatic carbocycles. The van der Waals surface area contributed by atoms with Crippen molar-refractivity contribution in [3.05, 3.63) is 23.9 Å². The van der Waals surface area contributed by atoms with Crippen LogP contribution < -0.4 is 10.1 Å². The van der Waals surface area contributed by atoms with E-state index in [1.807, 2.05) is 19.1 Å². The third kappa shape index (κ3) is 3.20. The van der Waals surface area contributed by atoms with Gasteiger partial charge in [-0.1, -0.05) is 6.07 Å². The number of carbonyl (C=O) groups excluding carboxylic acids is 1. The zero-order chi connectivity index (χ0) is 12.8. The highest BCUT2D eigenvalue weighted by atomic mass is 16.5. The summed E-state index contributed by atoms with van der Waals surface area (Å²) in [6, 6.07) is 3.73. The molecule has 1 aromatic heterocycles. The first-order chi connectivity index (χ1) is 8.81. The molecule has 1 fully saturated rings. The zero-order valence-corrected chi connectivity index (χ0v) is 10.5. The van der Waals surface area contributed by atoms with Crippen molar-refractivity contribution >= 4 is 5.91 Å². The van der Waals surface area contributed by atoms with Crippen LogP contribution in [-0.4, -0.2) is 30.2 Å². The van der Waals surface area contributed by atoms with Gasteiger partial charge in [0, 0.05) is 24.9 Å². The minimum absolute atomic E-state index is 0.0567. The summed E-state index contributed by atoms with van der Waals surface area (Å²) < 4.78 is 10.7. The van der Waals surface area contributed by atoms with E-state index >= 15 is 0 Å². The molecule has 18 heavy (non-hydrogen) atoms. The SMILES string of the molecule is CCOc1ncccc1CNC(=O)[C@@H]1CCCO1. The molecule has 1 aliphatic rings. The molecular formula is C13H18N2O3. The third-order valence-corrected chi connectivity index (χ3v) is 2.81. The maximum atomic E-state index is 11.8. The maximum Gasteiger partial charge on any atom is 0.249 e. The Morgan fingerprint density at radius 1 is 1.67 bits per heavy atom. The topological polar surface area (TPSA) is 60.5 Å². The van der Waals surface area contributed by atoms with Crippen molar-refractivity contribution in [3.63, 3.8) is 0 Å². The van der Waals surface area contributed by atoms with E-state index in [-0.39, 0.29) is 12.0 Å². The fourth-order valence-electron chi connectivity index (χ4n) is 1.91. The predicted octanol–water partition coefficient (Wildman–Crippen LogP) is 1.28. The number of rotatable bonds is 5. The van der Waals surface area contributed by atoms with Gasteiger partial charge < -0.3 is 14.8 Å². The Morgan fingerprint density at radius 2 is 2.56 bits per heavy atom. The van der Waals surface area contributed by atoms with Crippen molar-refractivity contribution in [1.29, 1.82) is 0 Å². The summed E-state index contributed by atoms with van der Waals surface area (Å²) in [7, 11) is 0. The zero-order valence-electron chi connectivity index (χ0n) is 10.5. The lowest BCUT2D eigenvalue weighted by atomic mass is 10.2. The van der Waals surface area contributed by atoms with Gasteiger partial charge in [-0.3, -0.25) is 4.79 Å². The summed E-state index contributed by atoms with van der Waals surface area (Å²) in [6.07, 6.45) is 3.14. The quantitative estimate of drug-likeness (QED) is 0.855. The summed E-state index contributed by atoms with van der Waals surface area (Å²) in [5.74, 6) is 0.520. The molecule has 1 aliphatic heterocycles. The van der Waals surface area contributed by atoms with Crippen LogP contribution in [0.5, 0.6) is 5.88 Å². The first-order valence-electron chi connectivity index (χ1n) is 6.27. The van der Waals surface area contributed by atoms with Gasteiger partial charge in [0.05, 0.1) is 6.61 Å². The molecule has 1 atom stereocenters. The number of pyridine rings is 1. The van der Waals surface area contributed by atoms with E-state index in [9.17, 15) is 4.79 Å². The van der Waals surface area contributed by atoms with Crippen LogP contribution in [-0.2, 0) is 16.1 Å². The molecule has 1 saturated heterocycles. The second-order valence-corrected chi connectivity index (χ2v) is 4.12. The second kappa shape index (κ2) is 6.35. The average Bonchev–Trinajstić information content (AvgIpc) is 2.92. The van der Waals surface area contributed by atoms with Crippen molar-refractivity contribution < 1.29 is 14.3 Å². The lowest BCUT2D eigenvalue weighted by molar-refractivity contribution is -0.130. The normalized spacial score (nSPS) is 18.6. The first-order valence-corrected chi connectivity index (χ1v) is 6.27. The van der Waals surface area contributed by atoms with Gasteiger partial charge in [-0.25, -0.2) is 4.98 Å². The summed E-state index contributed by atoms with van der Waals surface area (Å²) in [5.41, 5.74) is 0.880. The number of nitrogens with zero attached hydrogens (tertiary/aromatic N) is 1. The van der Waals surface area contributed by atoms with Crippen LogP contribution in [0.1, 0.15) is 25.3 Å². The molecule has 0 radical (unpaired) electrons. The monoisotopic (exact) mass is 250 g/mol. The van der Waals surface area contributed by atoms with Crippen molar-refractivity contribution in [2.45, 2.75) is 32.4 Å². The summed E-state index contributed by atoms with van der Waals surface area (Å²) in [6.45, 7) is 3.56. The van der Waals surface area contributed by atoms with E-state index in [1.54, 1.807) is 6.20 Å². The number of hydrogen-bond acceptors (Lipinski definition) is 4. The number of hydrogen-bond donors (Lipinski definition) is 1. The fraction of sp³-hybridized carbons (Fsp3) is 0.538. The van der Waals surface area contributed by atoms with Gasteiger partial charge in [-0.05, 0) is 25.8 Å². The fourth-order valence-corrected chi connectivity index (χ4v) is 1.91. The molecule has 5 nitrogen and oxygen atoms in total. The number of ether oxygens (including phenoxy) is 2. The van der Waals surface area contributed by atoms with Crippen molar-refractivity contribution in [3.8, 4) is 5.88 Å². The Morgan fingerprint density at radius 3 is 3.28 bits per heavy atom. The highest BCUT2D eigenvalue weighted by Gasteiger charge is 2.23. The van der Waals surface area contributed by atoms with E-state index in [4.69, 9.17) is 9.47 Å². The Labute approximate surface area is 107 Å². The Hall–Kier alpha value is -1.62. The van der Waals surface area contributed by atoms with E-state index in [1.165, 1.54) is 0 Å². The molecular weight excluding hydrogens is 232 g/mol. The van der Waals surface area contributed by atoms with Crippen LogP contribution in [0.4, 0.5) is 0 Å². The Kier molecular flexibility index (Phi) is 4.52. The van der Waals surface area contributed by atoms with Gasteiger partial charge in [0.2, 0.25) is 11.8 Å². The molecule has 0 spiro atoms. The van der Waals surface area contributed by atoms with E-state index in [0.717, 1.165) is 18.4 Å². The summed E-state index contributed by atoms with van der Waals surface area (Å²) >= 11 is 0. The molecule has 98 valence electrons. The van der Waals surface area contributed by atoms with Crippen LogP contribution in [0.25, 0.3) is 0 Å². The molecule has 5 heteroatoms. The lowest BCUT2D eigenvalue weighted by Gasteiger charge is -2.12. The standard InChI is InChI=1S/C13H18N2O3/c1-2-17-13-10(5-3-7-14-13)9-15-12(16)11-6-4-8-18-11/h3,5,7,11H,2,4,6,8-9H2,1H3,(H,15,16)/t11-/m0/s1. The van der Waals surface area contributed by atoms with Crippen LogP contribution in [0.2, 0.25) is 0 Å². The summed E-state index contributed by atoms with van der Waals surface area (Å²) in [4.78, 5) is 15.9. The van der Waals surface area contributed by atoms with Crippen molar-refractivity contribution in [1.82, 2.24) is 10.3 Å². The molecule has 1 amide bonds. The van der Waals surface area contributed by atoms with Crippen molar-refractivity contribution in [2.24, 2.45) is 0 Å². The second-order valence-electron chi connectivity index (χ2n) is 4.12. The van der Waals surface area contributed by atoms with E-state index in [0.29, 0.717) is 25.6 Å². The van der Waals surface area contributed by atoms with Crippen LogP contribution >= 0.6 is 0 Å². The number of aromatic nitrogens is 1. The van der Waals surface area contributed by atoms with E-state index < -0.39 is 0 Å². The predicted molar refractivity (Wildman–Crippen MR) is 66.2 cm³/mol. The Bertz CT molecular complexity index is 403. The number of nitrogens with one attached hydrogen (secondary N) is 1. The maximum absolute atomic E-state index is 11.8. The van der Waals surface area contributed by atoms with Gasteiger partial charge in [0.1, 0.15) is 6.10 Å². The largest absolute Gasteiger partial charge is 0.478 e. The molecule has 0 aliphatic carbocycles. The van der Waals surface area contributed by atoms with Gasteiger partial charge in [-0.2, -0.15) is 0 Å². The van der Waals surface area contributed by atoms with Crippen LogP contribution in [0.3, 0.4) is 0 Å². The minimum atomic E-state index is -0.294. The molecule has 2 rings (SSSR count). The highest BCUT2D eigenvalue weighted by molar-refractivity contribution is 5.80. The average molecular weight is 250 g/mol. The molecule has 0 bridgehead atoms. The third-order valence-electron chi connectivity index (χ3n) is 2.81.